The van der Waals surface area contributed by atoms with Crippen LogP contribution < -0.4 is 5.56 Å². The van der Waals surface area contributed by atoms with Crippen molar-refractivity contribution in [2.45, 2.75) is 0 Å². The molecular weight excluding hydrogens is 304 g/mol. The zero-order valence-electron chi connectivity index (χ0n) is 10.6. The maximum absolute atomic E-state index is 12.5. The second kappa shape index (κ2) is 4.87. The first kappa shape index (κ1) is 12.4. The number of fused-ring (bicyclic) bond motifs is 1. The van der Waals surface area contributed by atoms with Crippen molar-refractivity contribution in [1.82, 2.24) is 19.8 Å². The Morgan fingerprint density at radius 1 is 1.00 bits per heavy atom. The molecule has 7 heteroatoms. The minimum absolute atomic E-state index is 0.245. The molecule has 0 bridgehead atoms. The van der Waals surface area contributed by atoms with Gasteiger partial charge in [0.05, 0.1) is 4.88 Å². The van der Waals surface area contributed by atoms with Crippen molar-refractivity contribution in [3.05, 3.63) is 58.2 Å². The highest BCUT2D eigenvalue weighted by molar-refractivity contribution is 7.23. The van der Waals surface area contributed by atoms with Gasteiger partial charge in [-0.3, -0.25) is 4.79 Å². The molecule has 3 heterocycles. The Morgan fingerprint density at radius 2 is 1.86 bits per heavy atom. The molecule has 0 aliphatic carbocycles. The van der Waals surface area contributed by atoms with E-state index in [4.69, 9.17) is 0 Å². The Bertz CT molecular complexity index is 958. The molecule has 0 amide bonds. The Labute approximate surface area is 127 Å². The van der Waals surface area contributed by atoms with Crippen LogP contribution in [0.15, 0.2) is 52.6 Å². The number of rotatable bonds is 2. The van der Waals surface area contributed by atoms with E-state index in [1.165, 1.54) is 15.9 Å². The van der Waals surface area contributed by atoms with E-state index in [1.54, 1.807) is 11.3 Å². The molecule has 4 aromatic rings. The molecule has 21 heavy (non-hydrogen) atoms. The molecule has 0 spiro atoms. The molecule has 0 atom stereocenters. The molecule has 0 radical (unpaired) electrons. The predicted octanol–water partition coefficient (Wildman–Crippen LogP) is 2.94. The standard InChI is InChI=1S/C14H8N4OS2/c19-13-11(9-5-2-1-3-6-9)15-16-14-18(13)17-12(21-14)10-7-4-8-20-10/h1-8H. The van der Waals surface area contributed by atoms with E-state index in [-0.39, 0.29) is 5.56 Å². The molecule has 0 fully saturated rings. The maximum atomic E-state index is 12.5. The van der Waals surface area contributed by atoms with Crippen molar-refractivity contribution in [2.75, 3.05) is 0 Å². The SMILES string of the molecule is O=c1c(-c2ccccc2)nnc2sc(-c3cccs3)nn12. The first-order valence-corrected chi connectivity index (χ1v) is 7.88. The summed E-state index contributed by atoms with van der Waals surface area (Å²) >= 11 is 2.94. The summed E-state index contributed by atoms with van der Waals surface area (Å²) in [5.41, 5.74) is 0.816. The summed E-state index contributed by atoms with van der Waals surface area (Å²) in [7, 11) is 0. The fourth-order valence-electron chi connectivity index (χ4n) is 1.99. The van der Waals surface area contributed by atoms with Crippen LogP contribution in [0.25, 0.3) is 26.1 Å². The van der Waals surface area contributed by atoms with Crippen LogP contribution >= 0.6 is 22.7 Å². The van der Waals surface area contributed by atoms with Crippen molar-refractivity contribution in [3.8, 4) is 21.1 Å². The number of hydrogen-bond acceptors (Lipinski definition) is 6. The quantitative estimate of drug-likeness (QED) is 0.571. The lowest BCUT2D eigenvalue weighted by atomic mass is 10.2. The number of aromatic nitrogens is 4. The van der Waals surface area contributed by atoms with Crippen LogP contribution in [-0.2, 0) is 0 Å². The fourth-order valence-corrected chi connectivity index (χ4v) is 3.62. The normalized spacial score (nSPS) is 11.0. The molecule has 1 aromatic carbocycles. The Morgan fingerprint density at radius 3 is 2.62 bits per heavy atom. The zero-order valence-corrected chi connectivity index (χ0v) is 12.3. The summed E-state index contributed by atoms with van der Waals surface area (Å²) in [6, 6.07) is 13.2. The molecule has 0 aliphatic heterocycles. The lowest BCUT2D eigenvalue weighted by molar-refractivity contribution is 0.862. The van der Waals surface area contributed by atoms with Gasteiger partial charge in [0, 0.05) is 5.56 Å². The third-order valence-corrected chi connectivity index (χ3v) is 4.91. The molecule has 0 aliphatic rings. The second-order valence-corrected chi connectivity index (χ2v) is 6.20. The number of hydrogen-bond donors (Lipinski definition) is 0. The first-order chi connectivity index (χ1) is 10.3. The van der Waals surface area contributed by atoms with Crippen LogP contribution in [-0.4, -0.2) is 19.8 Å². The highest BCUT2D eigenvalue weighted by Gasteiger charge is 2.14. The van der Waals surface area contributed by atoms with E-state index >= 15 is 0 Å². The first-order valence-electron chi connectivity index (χ1n) is 6.19. The average molecular weight is 312 g/mol. The molecule has 102 valence electrons. The third kappa shape index (κ3) is 2.07. The van der Waals surface area contributed by atoms with Crippen LogP contribution in [0.5, 0.6) is 0 Å². The van der Waals surface area contributed by atoms with Crippen LogP contribution in [0.4, 0.5) is 0 Å². The molecule has 3 aromatic heterocycles. The Hall–Kier alpha value is -2.38. The van der Waals surface area contributed by atoms with Gasteiger partial charge in [-0.05, 0) is 11.4 Å². The summed E-state index contributed by atoms with van der Waals surface area (Å²) in [6.45, 7) is 0. The summed E-state index contributed by atoms with van der Waals surface area (Å²) in [6.07, 6.45) is 0. The molecule has 0 saturated carbocycles. The fraction of sp³-hybridized carbons (Fsp3) is 0. The van der Waals surface area contributed by atoms with E-state index in [1.807, 2.05) is 47.8 Å². The van der Waals surface area contributed by atoms with Crippen molar-refractivity contribution >= 4 is 27.6 Å². The predicted molar refractivity (Wildman–Crippen MR) is 83.7 cm³/mol. The molecule has 0 N–H and O–H groups in total. The third-order valence-electron chi connectivity index (χ3n) is 2.97. The van der Waals surface area contributed by atoms with Crippen LogP contribution in [0.1, 0.15) is 0 Å². The van der Waals surface area contributed by atoms with Gasteiger partial charge in [0.15, 0.2) is 10.7 Å². The van der Waals surface area contributed by atoms with E-state index in [0.717, 1.165) is 15.4 Å². The summed E-state index contributed by atoms with van der Waals surface area (Å²) in [5.74, 6) is 0. The number of nitrogens with zero attached hydrogens (tertiary/aromatic N) is 4. The van der Waals surface area contributed by atoms with Gasteiger partial charge in [-0.15, -0.1) is 21.5 Å². The molecule has 4 rings (SSSR count). The molecule has 0 unspecified atom stereocenters. The van der Waals surface area contributed by atoms with Gasteiger partial charge < -0.3 is 0 Å². The molecule has 0 saturated heterocycles. The second-order valence-electron chi connectivity index (χ2n) is 4.30. The number of thiophene rings is 1. The van der Waals surface area contributed by atoms with Crippen LogP contribution in [0.3, 0.4) is 0 Å². The van der Waals surface area contributed by atoms with Gasteiger partial charge in [-0.2, -0.15) is 9.61 Å². The Balaban J connectivity index is 1.94. The van der Waals surface area contributed by atoms with Gasteiger partial charge in [-0.25, -0.2) is 0 Å². The van der Waals surface area contributed by atoms with Gasteiger partial charge in [0.25, 0.3) is 0 Å². The van der Waals surface area contributed by atoms with E-state index < -0.39 is 0 Å². The average Bonchev–Trinajstić information content (AvgIpc) is 3.18. The summed E-state index contributed by atoms with van der Waals surface area (Å²) < 4.78 is 1.33. The lowest BCUT2D eigenvalue weighted by Crippen LogP contribution is -2.18. The summed E-state index contributed by atoms with van der Waals surface area (Å²) in [5, 5.41) is 15.3. The van der Waals surface area contributed by atoms with E-state index in [9.17, 15) is 4.79 Å². The van der Waals surface area contributed by atoms with Crippen LogP contribution in [0.2, 0.25) is 0 Å². The minimum atomic E-state index is -0.245. The largest absolute Gasteiger partial charge is 0.302 e. The maximum Gasteiger partial charge on any atom is 0.302 e. The topological polar surface area (TPSA) is 60.2 Å². The van der Waals surface area contributed by atoms with E-state index in [0.29, 0.717) is 10.7 Å². The van der Waals surface area contributed by atoms with Gasteiger partial charge >= 0.3 is 5.56 Å². The monoisotopic (exact) mass is 312 g/mol. The highest BCUT2D eigenvalue weighted by atomic mass is 32.1. The minimum Gasteiger partial charge on any atom is -0.265 e. The van der Waals surface area contributed by atoms with Crippen molar-refractivity contribution in [1.29, 1.82) is 0 Å². The van der Waals surface area contributed by atoms with Gasteiger partial charge in [0.2, 0.25) is 4.96 Å². The molecular formula is C14H8N4OS2. The van der Waals surface area contributed by atoms with E-state index in [2.05, 4.69) is 15.3 Å². The smallest absolute Gasteiger partial charge is 0.265 e. The summed E-state index contributed by atoms with van der Waals surface area (Å²) in [4.78, 5) is 14.0. The molecule has 5 nitrogen and oxygen atoms in total. The Kier molecular flexibility index (Phi) is 2.87. The van der Waals surface area contributed by atoms with Gasteiger partial charge in [0.1, 0.15) is 0 Å². The van der Waals surface area contributed by atoms with Crippen LogP contribution in [0, 0.1) is 0 Å². The van der Waals surface area contributed by atoms with Gasteiger partial charge in [-0.1, -0.05) is 47.7 Å². The van der Waals surface area contributed by atoms with Crippen molar-refractivity contribution < 1.29 is 0 Å². The number of benzene rings is 1. The highest BCUT2D eigenvalue weighted by Crippen LogP contribution is 2.28. The lowest BCUT2D eigenvalue weighted by Gasteiger charge is -1.97. The zero-order chi connectivity index (χ0) is 14.2. The van der Waals surface area contributed by atoms with Crippen molar-refractivity contribution in [3.63, 3.8) is 0 Å². The van der Waals surface area contributed by atoms with Crippen molar-refractivity contribution in [2.24, 2.45) is 0 Å².